The molecule has 1 heterocycles. The molecule has 0 fully saturated rings. The van der Waals surface area contributed by atoms with Crippen molar-refractivity contribution in [1.82, 2.24) is 0 Å². The molecule has 1 aromatic heterocycles. The van der Waals surface area contributed by atoms with E-state index in [0.29, 0.717) is 23.4 Å². The van der Waals surface area contributed by atoms with E-state index in [0.717, 1.165) is 11.1 Å². The maximum absolute atomic E-state index is 13.2. The second-order valence-corrected chi connectivity index (χ2v) is 6.65. The first kappa shape index (κ1) is 19.5. The van der Waals surface area contributed by atoms with Gasteiger partial charge in [0.15, 0.2) is 0 Å². The molecule has 3 rings (SSSR count). The van der Waals surface area contributed by atoms with Crippen molar-refractivity contribution in [3.05, 3.63) is 87.9 Å². The zero-order valence-electron chi connectivity index (χ0n) is 15.1. The van der Waals surface area contributed by atoms with Crippen LogP contribution in [0.15, 0.2) is 65.4 Å². The molecule has 0 aliphatic carbocycles. The Balaban J connectivity index is 1.82. The van der Waals surface area contributed by atoms with E-state index in [1.165, 1.54) is 23.5 Å². The first-order valence-electron chi connectivity index (χ1n) is 8.65. The van der Waals surface area contributed by atoms with Crippen LogP contribution in [0.25, 0.3) is 11.6 Å². The van der Waals surface area contributed by atoms with E-state index in [-0.39, 0.29) is 11.7 Å². The van der Waals surface area contributed by atoms with Crippen LogP contribution in [0.3, 0.4) is 0 Å². The first-order chi connectivity index (χ1) is 13.6. The molecule has 0 unspecified atom stereocenters. The number of thiophene rings is 1. The molecule has 0 saturated heterocycles. The predicted molar refractivity (Wildman–Crippen MR) is 110 cm³/mol. The molecule has 1 amide bonds. The molecule has 6 heteroatoms. The number of halogens is 1. The van der Waals surface area contributed by atoms with E-state index in [1.54, 1.807) is 49.4 Å². The Kier molecular flexibility index (Phi) is 6.34. The molecule has 142 valence electrons. The van der Waals surface area contributed by atoms with Crippen LogP contribution in [0, 0.1) is 5.82 Å². The highest BCUT2D eigenvalue weighted by atomic mass is 32.1. The van der Waals surface area contributed by atoms with Crippen LogP contribution < -0.4 is 5.32 Å². The van der Waals surface area contributed by atoms with Crippen molar-refractivity contribution >= 4 is 40.5 Å². The number of rotatable bonds is 6. The van der Waals surface area contributed by atoms with Crippen molar-refractivity contribution in [1.29, 1.82) is 0 Å². The van der Waals surface area contributed by atoms with Gasteiger partial charge in [0.25, 0.3) is 5.91 Å². The largest absolute Gasteiger partial charge is 0.462 e. The summed E-state index contributed by atoms with van der Waals surface area (Å²) in [5.74, 6) is -1.04. The third-order valence-corrected chi connectivity index (χ3v) is 4.59. The van der Waals surface area contributed by atoms with E-state index in [4.69, 9.17) is 4.74 Å². The summed E-state index contributed by atoms with van der Waals surface area (Å²) in [6.45, 7) is 2.04. The summed E-state index contributed by atoms with van der Waals surface area (Å²) >= 11 is 1.48. The van der Waals surface area contributed by atoms with Gasteiger partial charge in [-0.3, -0.25) is 4.79 Å². The fourth-order valence-corrected chi connectivity index (χ4v) is 3.18. The Labute approximate surface area is 166 Å². The number of carbonyl (C=O) groups is 2. The zero-order valence-corrected chi connectivity index (χ0v) is 16.0. The molecule has 0 atom stereocenters. The number of benzene rings is 2. The Morgan fingerprint density at radius 3 is 2.36 bits per heavy atom. The molecule has 0 spiro atoms. The van der Waals surface area contributed by atoms with E-state index < -0.39 is 5.97 Å². The summed E-state index contributed by atoms with van der Waals surface area (Å²) < 4.78 is 18.1. The third kappa shape index (κ3) is 4.92. The maximum Gasteiger partial charge on any atom is 0.338 e. The molecule has 3 aromatic rings. The maximum atomic E-state index is 13.2. The van der Waals surface area contributed by atoms with Crippen LogP contribution in [-0.4, -0.2) is 18.5 Å². The smallest absolute Gasteiger partial charge is 0.338 e. The van der Waals surface area contributed by atoms with Crippen LogP contribution in [0.5, 0.6) is 0 Å². The number of amides is 1. The summed E-state index contributed by atoms with van der Waals surface area (Å²) in [4.78, 5) is 24.6. The lowest BCUT2D eigenvalue weighted by molar-refractivity contribution is -0.111. The lowest BCUT2D eigenvalue weighted by Gasteiger charge is -2.09. The Morgan fingerprint density at radius 1 is 1.04 bits per heavy atom. The molecule has 28 heavy (non-hydrogen) atoms. The number of anilines is 1. The summed E-state index contributed by atoms with van der Waals surface area (Å²) in [7, 11) is 0. The average Bonchev–Trinajstić information content (AvgIpc) is 3.22. The molecule has 0 saturated carbocycles. The molecule has 1 N–H and O–H groups in total. The lowest BCUT2D eigenvalue weighted by atomic mass is 10.0. The predicted octanol–water partition coefficient (Wildman–Crippen LogP) is 5.24. The monoisotopic (exact) mass is 395 g/mol. The fourth-order valence-electron chi connectivity index (χ4n) is 2.53. The molecule has 2 aromatic carbocycles. The van der Waals surface area contributed by atoms with Gasteiger partial charge in [0, 0.05) is 11.3 Å². The Bertz CT molecular complexity index is 978. The summed E-state index contributed by atoms with van der Waals surface area (Å²) in [6, 6.07) is 14.3. The van der Waals surface area contributed by atoms with Crippen molar-refractivity contribution in [2.45, 2.75) is 6.92 Å². The van der Waals surface area contributed by atoms with E-state index in [1.807, 2.05) is 16.8 Å². The van der Waals surface area contributed by atoms with Gasteiger partial charge in [0.05, 0.1) is 12.2 Å². The molecule has 0 aliphatic rings. The Morgan fingerprint density at radius 2 is 1.75 bits per heavy atom. The van der Waals surface area contributed by atoms with Gasteiger partial charge in [0.2, 0.25) is 0 Å². The topological polar surface area (TPSA) is 55.4 Å². The standard InChI is InChI=1S/C22H18FNO3S/c1-2-27-22(26)16-5-9-19(10-6-16)24-21(25)20(17-11-12-28-14-17)13-15-3-7-18(23)8-4-15/h3-14H,2H2,1H3,(H,24,25)/b20-13+. The molecular weight excluding hydrogens is 377 g/mol. The number of esters is 1. The molecule has 0 bridgehead atoms. The van der Waals surface area contributed by atoms with E-state index in [9.17, 15) is 14.0 Å². The fraction of sp³-hybridized carbons (Fsp3) is 0.0909. The van der Waals surface area contributed by atoms with Crippen LogP contribution in [-0.2, 0) is 9.53 Å². The highest BCUT2D eigenvalue weighted by molar-refractivity contribution is 7.08. The van der Waals surface area contributed by atoms with Crippen molar-refractivity contribution < 1.29 is 18.7 Å². The minimum absolute atomic E-state index is 0.299. The number of nitrogens with one attached hydrogen (secondary N) is 1. The lowest BCUT2D eigenvalue weighted by Crippen LogP contribution is -2.13. The summed E-state index contributed by atoms with van der Waals surface area (Å²) in [5.41, 5.74) is 2.92. The van der Waals surface area contributed by atoms with Gasteiger partial charge in [-0.2, -0.15) is 11.3 Å². The van der Waals surface area contributed by atoms with E-state index >= 15 is 0 Å². The highest BCUT2D eigenvalue weighted by Gasteiger charge is 2.14. The van der Waals surface area contributed by atoms with Crippen molar-refractivity contribution in [3.8, 4) is 0 Å². The SMILES string of the molecule is CCOC(=O)c1ccc(NC(=O)/C(=C/c2ccc(F)cc2)c2ccsc2)cc1. The second-order valence-electron chi connectivity index (χ2n) is 5.87. The highest BCUT2D eigenvalue weighted by Crippen LogP contribution is 2.23. The third-order valence-electron chi connectivity index (χ3n) is 3.91. The van der Waals surface area contributed by atoms with Crippen molar-refractivity contribution in [2.75, 3.05) is 11.9 Å². The van der Waals surface area contributed by atoms with Gasteiger partial charge in [-0.25, -0.2) is 9.18 Å². The average molecular weight is 395 g/mol. The van der Waals surface area contributed by atoms with Crippen LogP contribution >= 0.6 is 11.3 Å². The van der Waals surface area contributed by atoms with E-state index in [2.05, 4.69) is 5.32 Å². The van der Waals surface area contributed by atoms with Gasteiger partial charge < -0.3 is 10.1 Å². The van der Waals surface area contributed by atoms with Crippen LogP contribution in [0.4, 0.5) is 10.1 Å². The summed E-state index contributed by atoms with van der Waals surface area (Å²) in [6.07, 6.45) is 1.71. The second kappa shape index (κ2) is 9.10. The minimum atomic E-state index is -0.407. The quantitative estimate of drug-likeness (QED) is 0.458. The number of hydrogen-bond acceptors (Lipinski definition) is 4. The minimum Gasteiger partial charge on any atom is -0.462 e. The van der Waals surface area contributed by atoms with Crippen molar-refractivity contribution in [3.63, 3.8) is 0 Å². The first-order valence-corrected chi connectivity index (χ1v) is 9.59. The van der Waals surface area contributed by atoms with Crippen molar-refractivity contribution in [2.24, 2.45) is 0 Å². The van der Waals surface area contributed by atoms with Gasteiger partial charge >= 0.3 is 5.97 Å². The molecule has 4 nitrogen and oxygen atoms in total. The summed E-state index contributed by atoms with van der Waals surface area (Å²) in [5, 5.41) is 6.59. The number of carbonyl (C=O) groups excluding carboxylic acids is 2. The van der Waals surface area contributed by atoms with Crippen LogP contribution in [0.2, 0.25) is 0 Å². The van der Waals surface area contributed by atoms with Gasteiger partial charge in [0.1, 0.15) is 5.82 Å². The number of hydrogen-bond donors (Lipinski definition) is 1. The molecule has 0 aliphatic heterocycles. The van der Waals surface area contributed by atoms with Gasteiger partial charge in [-0.05, 0) is 77.4 Å². The Hall–Kier alpha value is -3.25. The van der Waals surface area contributed by atoms with Crippen LogP contribution in [0.1, 0.15) is 28.4 Å². The normalized spacial score (nSPS) is 11.1. The molecule has 0 radical (unpaired) electrons. The zero-order chi connectivity index (χ0) is 19.9. The molecular formula is C22H18FNO3S. The van der Waals surface area contributed by atoms with Gasteiger partial charge in [-0.1, -0.05) is 12.1 Å². The van der Waals surface area contributed by atoms with Gasteiger partial charge in [-0.15, -0.1) is 0 Å². The number of ether oxygens (including phenoxy) is 1.